The lowest BCUT2D eigenvalue weighted by Crippen LogP contribution is -2.42. The first-order valence-corrected chi connectivity index (χ1v) is 9.73. The summed E-state index contributed by atoms with van der Waals surface area (Å²) in [7, 11) is 0. The number of thioether (sulfide) groups is 1. The van der Waals surface area contributed by atoms with Gasteiger partial charge in [-0.15, -0.1) is 11.3 Å². The van der Waals surface area contributed by atoms with Gasteiger partial charge in [0.2, 0.25) is 0 Å². The summed E-state index contributed by atoms with van der Waals surface area (Å²) >= 11 is 3.73. The predicted molar refractivity (Wildman–Crippen MR) is 94.5 cm³/mol. The summed E-state index contributed by atoms with van der Waals surface area (Å²) in [4.78, 5) is 10.5. The molecule has 0 bridgehead atoms. The second-order valence-corrected chi connectivity index (χ2v) is 7.87. The van der Waals surface area contributed by atoms with E-state index in [2.05, 4.69) is 42.6 Å². The Hall–Kier alpha value is -0.750. The summed E-state index contributed by atoms with van der Waals surface area (Å²) < 4.78 is 0. The number of hydrogen-bond donors (Lipinski definition) is 2. The second-order valence-electron chi connectivity index (χ2n) is 5.45. The minimum Gasteiger partial charge on any atom is -0.357 e. The highest BCUT2D eigenvalue weighted by molar-refractivity contribution is 7.99. The molecule has 1 aliphatic rings. The van der Waals surface area contributed by atoms with Gasteiger partial charge in [-0.1, -0.05) is 0 Å². The number of nitrogens with one attached hydrogen (secondary N) is 2. The predicted octanol–water partition coefficient (Wildman–Crippen LogP) is 3.10. The summed E-state index contributed by atoms with van der Waals surface area (Å²) in [6, 6.07) is 0.560. The lowest BCUT2D eigenvalue weighted by molar-refractivity contribution is 0.615. The minimum absolute atomic E-state index is 0.560. The summed E-state index contributed by atoms with van der Waals surface area (Å²) in [5.41, 5.74) is 1.11. The molecular formula is C15H26N4S2. The summed E-state index contributed by atoms with van der Waals surface area (Å²) in [5, 5.41) is 8.86. The van der Waals surface area contributed by atoms with Crippen LogP contribution < -0.4 is 10.6 Å². The fourth-order valence-corrected chi connectivity index (χ4v) is 4.33. The molecule has 1 saturated carbocycles. The van der Waals surface area contributed by atoms with Crippen LogP contribution in [0.5, 0.6) is 0 Å². The molecule has 0 saturated heterocycles. The number of thiazole rings is 1. The Morgan fingerprint density at radius 3 is 2.81 bits per heavy atom. The van der Waals surface area contributed by atoms with Crippen LogP contribution in [0.4, 0.5) is 0 Å². The van der Waals surface area contributed by atoms with Gasteiger partial charge in [0, 0.05) is 22.7 Å². The Balaban J connectivity index is 1.94. The number of aliphatic imine (C=N–C) groups is 1. The van der Waals surface area contributed by atoms with Crippen molar-refractivity contribution in [2.75, 3.05) is 12.8 Å². The molecule has 1 aliphatic carbocycles. The fourth-order valence-electron chi connectivity index (χ4n) is 2.67. The molecule has 0 aromatic carbocycles. The zero-order valence-corrected chi connectivity index (χ0v) is 15.0. The quantitative estimate of drug-likeness (QED) is 0.645. The third-order valence-corrected chi connectivity index (χ3v) is 5.94. The molecule has 4 nitrogen and oxygen atoms in total. The van der Waals surface area contributed by atoms with Crippen molar-refractivity contribution in [2.45, 2.75) is 57.9 Å². The molecule has 1 aromatic heterocycles. The van der Waals surface area contributed by atoms with Gasteiger partial charge in [0.15, 0.2) is 5.96 Å². The topological polar surface area (TPSA) is 49.3 Å². The van der Waals surface area contributed by atoms with E-state index in [9.17, 15) is 0 Å². The van der Waals surface area contributed by atoms with Gasteiger partial charge in [0.05, 0.1) is 17.2 Å². The van der Waals surface area contributed by atoms with Gasteiger partial charge in [0.1, 0.15) is 0 Å². The van der Waals surface area contributed by atoms with Gasteiger partial charge in [-0.2, -0.15) is 11.8 Å². The molecule has 118 valence electrons. The van der Waals surface area contributed by atoms with E-state index in [-0.39, 0.29) is 0 Å². The van der Waals surface area contributed by atoms with Crippen molar-refractivity contribution in [3.8, 4) is 0 Å². The van der Waals surface area contributed by atoms with Crippen molar-refractivity contribution in [1.82, 2.24) is 15.6 Å². The van der Waals surface area contributed by atoms with Crippen LogP contribution in [0.2, 0.25) is 0 Å². The van der Waals surface area contributed by atoms with Crippen molar-refractivity contribution < 1.29 is 0 Å². The number of hydrogen-bond acceptors (Lipinski definition) is 4. The zero-order valence-electron chi connectivity index (χ0n) is 13.4. The van der Waals surface area contributed by atoms with Crippen LogP contribution in [-0.2, 0) is 6.54 Å². The van der Waals surface area contributed by atoms with Crippen LogP contribution in [0.1, 0.15) is 41.8 Å². The third kappa shape index (κ3) is 4.88. The van der Waals surface area contributed by atoms with E-state index in [1.165, 1.54) is 24.1 Å². The molecule has 2 rings (SSSR count). The van der Waals surface area contributed by atoms with E-state index >= 15 is 0 Å². The van der Waals surface area contributed by atoms with E-state index in [0.717, 1.165) is 28.5 Å². The number of nitrogens with zero attached hydrogens (tertiary/aromatic N) is 2. The maximum Gasteiger partial charge on any atom is 0.191 e. The third-order valence-electron chi connectivity index (χ3n) is 3.78. The van der Waals surface area contributed by atoms with Gasteiger partial charge in [-0.25, -0.2) is 9.98 Å². The van der Waals surface area contributed by atoms with Gasteiger partial charge >= 0.3 is 0 Å². The Labute approximate surface area is 136 Å². The van der Waals surface area contributed by atoms with Crippen molar-refractivity contribution >= 4 is 29.1 Å². The van der Waals surface area contributed by atoms with Crippen LogP contribution in [0.15, 0.2) is 4.99 Å². The number of aryl methyl sites for hydroxylation is 2. The SMILES string of the molecule is CCNC(=NCc1sc(C)nc1C)NC1CCC(SC)C1. The molecule has 2 unspecified atom stereocenters. The van der Waals surface area contributed by atoms with E-state index < -0.39 is 0 Å². The average molecular weight is 327 g/mol. The molecule has 1 aromatic rings. The minimum atomic E-state index is 0.560. The van der Waals surface area contributed by atoms with Crippen LogP contribution in [-0.4, -0.2) is 35.0 Å². The Morgan fingerprint density at radius 1 is 1.43 bits per heavy atom. The first kappa shape index (κ1) is 16.6. The van der Waals surface area contributed by atoms with Crippen LogP contribution in [0.25, 0.3) is 0 Å². The van der Waals surface area contributed by atoms with E-state index in [4.69, 9.17) is 4.99 Å². The highest BCUT2D eigenvalue weighted by Gasteiger charge is 2.24. The Morgan fingerprint density at radius 2 is 2.24 bits per heavy atom. The number of rotatable bonds is 5. The molecule has 0 aliphatic heterocycles. The van der Waals surface area contributed by atoms with Gasteiger partial charge in [-0.3, -0.25) is 0 Å². The van der Waals surface area contributed by atoms with Crippen molar-refractivity contribution in [2.24, 2.45) is 4.99 Å². The first-order valence-electron chi connectivity index (χ1n) is 7.63. The molecule has 0 spiro atoms. The standard InChI is InChI=1S/C15H26N4S2/c1-5-16-15(19-12-6-7-13(8-12)20-4)17-9-14-10(2)18-11(3)21-14/h12-13H,5-9H2,1-4H3,(H2,16,17,19). The van der Waals surface area contributed by atoms with E-state index in [1.807, 2.05) is 11.8 Å². The normalized spacial score (nSPS) is 22.6. The van der Waals surface area contributed by atoms with E-state index in [1.54, 1.807) is 11.3 Å². The lowest BCUT2D eigenvalue weighted by atomic mass is 10.2. The van der Waals surface area contributed by atoms with Gasteiger partial charge < -0.3 is 10.6 Å². The molecule has 21 heavy (non-hydrogen) atoms. The number of guanidine groups is 1. The van der Waals surface area contributed by atoms with Crippen LogP contribution in [0, 0.1) is 13.8 Å². The van der Waals surface area contributed by atoms with Gasteiger partial charge in [-0.05, 0) is 46.3 Å². The molecule has 2 N–H and O–H groups in total. The molecule has 0 radical (unpaired) electrons. The van der Waals surface area contributed by atoms with Crippen molar-refractivity contribution in [3.63, 3.8) is 0 Å². The summed E-state index contributed by atoms with van der Waals surface area (Å²) in [5.74, 6) is 0.940. The van der Waals surface area contributed by atoms with E-state index in [0.29, 0.717) is 12.6 Å². The van der Waals surface area contributed by atoms with Crippen molar-refractivity contribution in [1.29, 1.82) is 0 Å². The van der Waals surface area contributed by atoms with Crippen molar-refractivity contribution in [3.05, 3.63) is 15.6 Å². The number of aromatic nitrogens is 1. The molecule has 1 heterocycles. The molecule has 1 fully saturated rings. The molecule has 6 heteroatoms. The van der Waals surface area contributed by atoms with Gasteiger partial charge in [0.25, 0.3) is 0 Å². The zero-order chi connectivity index (χ0) is 15.2. The largest absolute Gasteiger partial charge is 0.357 e. The maximum absolute atomic E-state index is 4.73. The molecule has 2 atom stereocenters. The summed E-state index contributed by atoms with van der Waals surface area (Å²) in [6.07, 6.45) is 6.01. The Kier molecular flexibility index (Phi) is 6.36. The maximum atomic E-state index is 4.73. The fraction of sp³-hybridized carbons (Fsp3) is 0.733. The smallest absolute Gasteiger partial charge is 0.191 e. The average Bonchev–Trinajstić information content (AvgIpc) is 3.02. The van der Waals surface area contributed by atoms with Crippen LogP contribution >= 0.6 is 23.1 Å². The molecular weight excluding hydrogens is 300 g/mol. The second kappa shape index (κ2) is 8.03. The molecule has 0 amide bonds. The highest BCUT2D eigenvalue weighted by Crippen LogP contribution is 2.28. The monoisotopic (exact) mass is 326 g/mol. The highest BCUT2D eigenvalue weighted by atomic mass is 32.2. The lowest BCUT2D eigenvalue weighted by Gasteiger charge is -2.17. The van der Waals surface area contributed by atoms with Crippen LogP contribution in [0.3, 0.4) is 0 Å². The first-order chi connectivity index (χ1) is 10.1. The summed E-state index contributed by atoms with van der Waals surface area (Å²) in [6.45, 7) is 7.83. The Bertz CT molecular complexity index is 484.